The number of aromatic nitrogens is 4. The number of hydrogen-bond donors (Lipinski definition) is 3. The van der Waals surface area contributed by atoms with E-state index in [1.807, 2.05) is 50.2 Å². The third-order valence-electron chi connectivity index (χ3n) is 10.0. The van der Waals surface area contributed by atoms with Crippen LogP contribution >= 0.6 is 0 Å². The Kier molecular flexibility index (Phi) is 6.89. The molecule has 4 atom stereocenters. The first-order chi connectivity index (χ1) is 22.3. The molecule has 2 aromatic heterocycles. The summed E-state index contributed by atoms with van der Waals surface area (Å²) < 4.78 is 20.7. The van der Waals surface area contributed by atoms with E-state index < -0.39 is 17.6 Å². The summed E-state index contributed by atoms with van der Waals surface area (Å²) in [6.45, 7) is 5.45. The van der Waals surface area contributed by atoms with Gasteiger partial charge in [0.2, 0.25) is 5.91 Å². The molecule has 10 nitrogen and oxygen atoms in total. The Hall–Kier alpha value is -4.64. The largest absolute Gasteiger partial charge is 0.374 e. The van der Waals surface area contributed by atoms with E-state index in [0.717, 1.165) is 70.1 Å². The monoisotopic (exact) mass is 621 g/mol. The highest BCUT2D eigenvalue weighted by atomic mass is 19.1. The highest BCUT2D eigenvalue weighted by Gasteiger charge is 2.52. The number of aromatic amines is 1. The summed E-state index contributed by atoms with van der Waals surface area (Å²) in [5, 5.41) is 13.1. The van der Waals surface area contributed by atoms with Crippen LogP contribution < -0.4 is 15.5 Å². The summed E-state index contributed by atoms with van der Waals surface area (Å²) >= 11 is 0. The molecule has 2 amide bonds. The van der Waals surface area contributed by atoms with Crippen LogP contribution in [0, 0.1) is 13.8 Å². The van der Waals surface area contributed by atoms with Crippen molar-refractivity contribution in [3.63, 3.8) is 0 Å². The number of ether oxygens (including phenoxy) is 1. The van der Waals surface area contributed by atoms with Gasteiger partial charge in [-0.25, -0.2) is 14.4 Å². The van der Waals surface area contributed by atoms with Crippen molar-refractivity contribution in [1.29, 1.82) is 0 Å². The Morgan fingerprint density at radius 1 is 1.09 bits per heavy atom. The first-order valence-electron chi connectivity index (χ1n) is 16.0. The topological polar surface area (TPSA) is 125 Å². The fourth-order valence-corrected chi connectivity index (χ4v) is 7.35. The molecular weight excluding hydrogens is 585 g/mol. The Labute approximate surface area is 266 Å². The quantitative estimate of drug-likeness (QED) is 0.259. The molecule has 3 fully saturated rings. The second kappa shape index (κ2) is 11.0. The Bertz CT molecular complexity index is 1820. The van der Waals surface area contributed by atoms with Gasteiger partial charge >= 0.3 is 0 Å². The number of amides is 2. The molecule has 2 aliphatic carbocycles. The minimum atomic E-state index is -1.90. The molecular formula is C35H36FN7O3. The molecule has 2 saturated heterocycles. The fraction of sp³-hybridized carbons (Fsp3) is 0.400. The number of rotatable bonds is 8. The number of H-pyrrole nitrogens is 1. The molecule has 2 aromatic carbocycles. The summed E-state index contributed by atoms with van der Waals surface area (Å²) in [6.07, 6.45) is 4.62. The standard InChI is InChI=1S/C35H36FN7O3/c1-19-31(20(2)42-41-19)22-5-8-24(9-6-22)39-33(44)32(40-34(45)35(36)11-12-35)27-10-7-21-3-4-23(13-28(21)27)29-15-30(38-18-37-29)43-16-26-14-25(43)17-46-26/h3-6,8-9,13,15,18,25-27,32H,7,10-12,14,16-17H2,1-2H3,(H,39,44)(H,40,45)(H,41,42)/t25-,26-,27-,32+/m1/s1. The Morgan fingerprint density at radius 3 is 2.59 bits per heavy atom. The lowest BCUT2D eigenvalue weighted by atomic mass is 9.90. The molecule has 46 heavy (non-hydrogen) atoms. The number of nitrogens with one attached hydrogen (secondary N) is 3. The van der Waals surface area contributed by atoms with Crippen molar-refractivity contribution in [2.45, 2.75) is 75.7 Å². The average Bonchev–Trinajstić information content (AvgIpc) is 3.47. The summed E-state index contributed by atoms with van der Waals surface area (Å²) in [5.41, 5.74) is 6.33. The third-order valence-corrected chi connectivity index (χ3v) is 10.0. The lowest BCUT2D eigenvalue weighted by molar-refractivity contribution is -0.131. The van der Waals surface area contributed by atoms with Crippen LogP contribution in [-0.4, -0.2) is 69.0 Å². The number of hydrogen-bond acceptors (Lipinski definition) is 7. The first-order valence-corrected chi connectivity index (χ1v) is 16.0. The van der Waals surface area contributed by atoms with Crippen molar-refractivity contribution in [2.75, 3.05) is 23.4 Å². The van der Waals surface area contributed by atoms with Crippen molar-refractivity contribution >= 4 is 23.3 Å². The molecule has 0 unspecified atom stereocenters. The lowest BCUT2D eigenvalue weighted by Gasteiger charge is -2.28. The molecule has 1 saturated carbocycles. The number of carbonyl (C=O) groups is 2. The van der Waals surface area contributed by atoms with Gasteiger partial charge in [0.25, 0.3) is 5.91 Å². The number of nitrogens with zero attached hydrogens (tertiary/aromatic N) is 4. The zero-order valence-electron chi connectivity index (χ0n) is 25.8. The minimum Gasteiger partial charge on any atom is -0.374 e. The number of alkyl halides is 1. The molecule has 4 aliphatic rings. The van der Waals surface area contributed by atoms with Gasteiger partial charge in [0.1, 0.15) is 18.2 Å². The maximum Gasteiger partial charge on any atom is 0.258 e. The van der Waals surface area contributed by atoms with Gasteiger partial charge in [-0.05, 0) is 80.8 Å². The first kappa shape index (κ1) is 28.8. The van der Waals surface area contributed by atoms with Crippen molar-refractivity contribution in [1.82, 2.24) is 25.5 Å². The van der Waals surface area contributed by atoms with E-state index in [1.165, 1.54) is 0 Å². The molecule has 4 heterocycles. The maximum atomic E-state index is 14.9. The van der Waals surface area contributed by atoms with Crippen molar-refractivity contribution in [2.24, 2.45) is 0 Å². The highest BCUT2D eigenvalue weighted by Crippen LogP contribution is 2.42. The summed E-state index contributed by atoms with van der Waals surface area (Å²) in [7, 11) is 0. The van der Waals surface area contributed by atoms with Crippen LogP contribution in [0.5, 0.6) is 0 Å². The maximum absolute atomic E-state index is 14.9. The Morgan fingerprint density at radius 2 is 1.89 bits per heavy atom. The molecule has 0 radical (unpaired) electrons. The van der Waals surface area contributed by atoms with Crippen LogP contribution in [0.15, 0.2) is 54.9 Å². The summed E-state index contributed by atoms with van der Waals surface area (Å²) in [6, 6.07) is 15.1. The van der Waals surface area contributed by atoms with Crippen LogP contribution in [0.2, 0.25) is 0 Å². The van der Waals surface area contributed by atoms with Gasteiger partial charge in [0.15, 0.2) is 5.67 Å². The van der Waals surface area contributed by atoms with Gasteiger partial charge in [-0.15, -0.1) is 0 Å². The van der Waals surface area contributed by atoms with Gasteiger partial charge in [0, 0.05) is 41.0 Å². The van der Waals surface area contributed by atoms with Crippen molar-refractivity contribution in [3.8, 4) is 22.4 Å². The van der Waals surface area contributed by atoms with E-state index >= 15 is 0 Å². The number of morpholine rings is 1. The number of anilines is 2. The van der Waals surface area contributed by atoms with Gasteiger partial charge < -0.3 is 20.3 Å². The second-order valence-corrected chi connectivity index (χ2v) is 13.1. The van der Waals surface area contributed by atoms with E-state index in [1.54, 1.807) is 6.33 Å². The highest BCUT2D eigenvalue weighted by molar-refractivity contribution is 6.00. The smallest absolute Gasteiger partial charge is 0.258 e. The van der Waals surface area contributed by atoms with E-state index in [9.17, 15) is 14.0 Å². The van der Waals surface area contributed by atoms with Crippen molar-refractivity contribution in [3.05, 3.63) is 77.4 Å². The zero-order valence-corrected chi connectivity index (χ0v) is 25.8. The Balaban J connectivity index is 1.06. The van der Waals surface area contributed by atoms with Gasteiger partial charge in [0.05, 0.1) is 30.1 Å². The van der Waals surface area contributed by atoms with E-state index in [4.69, 9.17) is 4.74 Å². The normalized spacial score (nSPS) is 22.8. The zero-order chi connectivity index (χ0) is 31.6. The van der Waals surface area contributed by atoms with Crippen LogP contribution in [-0.2, 0) is 20.7 Å². The van der Waals surface area contributed by atoms with Crippen LogP contribution in [0.1, 0.15) is 54.1 Å². The van der Waals surface area contributed by atoms with E-state index in [0.29, 0.717) is 24.8 Å². The summed E-state index contributed by atoms with van der Waals surface area (Å²) in [5.74, 6) is -0.545. The molecule has 2 aliphatic heterocycles. The summed E-state index contributed by atoms with van der Waals surface area (Å²) in [4.78, 5) is 38.4. The molecule has 11 heteroatoms. The number of halogens is 1. The SMILES string of the molecule is Cc1n[nH]c(C)c1-c1ccc(NC(=O)[C@@H](NC(=O)C2(F)CC2)[C@@H]2CCc3ccc(-c4cc(N5C[C@H]6C[C@@H]5CO6)ncn4)cc32)cc1. The molecule has 0 spiro atoms. The predicted molar refractivity (Wildman–Crippen MR) is 171 cm³/mol. The molecule has 8 rings (SSSR count). The molecule has 236 valence electrons. The van der Waals surface area contributed by atoms with Gasteiger partial charge in [-0.1, -0.05) is 24.3 Å². The van der Waals surface area contributed by atoms with Gasteiger partial charge in [-0.3, -0.25) is 14.7 Å². The minimum absolute atomic E-state index is 0.174. The molecule has 2 bridgehead atoms. The number of fused-ring (bicyclic) bond motifs is 3. The second-order valence-electron chi connectivity index (χ2n) is 13.1. The fourth-order valence-electron chi connectivity index (χ4n) is 7.35. The molecule has 3 N–H and O–H groups in total. The van der Waals surface area contributed by atoms with Crippen LogP contribution in [0.25, 0.3) is 22.4 Å². The number of carbonyl (C=O) groups excluding carboxylic acids is 2. The lowest BCUT2D eigenvalue weighted by Crippen LogP contribution is -2.50. The van der Waals surface area contributed by atoms with Crippen molar-refractivity contribution < 1.29 is 18.7 Å². The average molecular weight is 622 g/mol. The van der Waals surface area contributed by atoms with Gasteiger partial charge in [-0.2, -0.15) is 5.10 Å². The molecule has 4 aromatic rings. The van der Waals surface area contributed by atoms with E-state index in [2.05, 4.69) is 47.8 Å². The number of benzene rings is 2. The van der Waals surface area contributed by atoms with Crippen LogP contribution in [0.3, 0.4) is 0 Å². The predicted octanol–water partition coefficient (Wildman–Crippen LogP) is 4.78. The number of aryl methyl sites for hydroxylation is 3. The van der Waals surface area contributed by atoms with Crippen LogP contribution in [0.4, 0.5) is 15.9 Å². The third kappa shape index (κ3) is 5.12. The van der Waals surface area contributed by atoms with E-state index in [-0.39, 0.29) is 30.8 Å².